The van der Waals surface area contributed by atoms with Crippen molar-refractivity contribution >= 4 is 11.9 Å². The van der Waals surface area contributed by atoms with Gasteiger partial charge in [0.05, 0.1) is 38.1 Å². The van der Waals surface area contributed by atoms with Crippen LogP contribution in [0.3, 0.4) is 0 Å². The van der Waals surface area contributed by atoms with Gasteiger partial charge >= 0.3 is 6.03 Å². The quantitative estimate of drug-likeness (QED) is 0.799. The Morgan fingerprint density at radius 1 is 0.967 bits per heavy atom. The summed E-state index contributed by atoms with van der Waals surface area (Å²) in [6.07, 6.45) is 0.731. The molecule has 7 nitrogen and oxygen atoms in total. The van der Waals surface area contributed by atoms with Gasteiger partial charge in [0, 0.05) is 13.6 Å². The summed E-state index contributed by atoms with van der Waals surface area (Å²) < 4.78 is 10.4. The van der Waals surface area contributed by atoms with Gasteiger partial charge in [-0.25, -0.2) is 4.79 Å². The Morgan fingerprint density at radius 2 is 1.57 bits per heavy atom. The van der Waals surface area contributed by atoms with E-state index in [2.05, 4.69) is 5.32 Å². The van der Waals surface area contributed by atoms with Gasteiger partial charge < -0.3 is 19.7 Å². The van der Waals surface area contributed by atoms with Gasteiger partial charge in [-0.15, -0.1) is 0 Å². The number of nitrogens with zero attached hydrogens (tertiary/aromatic N) is 2. The lowest BCUT2D eigenvalue weighted by atomic mass is 9.95. The molecule has 0 saturated carbocycles. The molecule has 156 valence electrons. The monoisotopic (exact) mass is 407 g/mol. The van der Waals surface area contributed by atoms with Gasteiger partial charge in [0.1, 0.15) is 11.5 Å². The van der Waals surface area contributed by atoms with E-state index in [1.165, 1.54) is 0 Å². The van der Waals surface area contributed by atoms with E-state index < -0.39 is 6.04 Å². The summed E-state index contributed by atoms with van der Waals surface area (Å²) in [5.74, 6) is 1.50. The van der Waals surface area contributed by atoms with Gasteiger partial charge in [0.25, 0.3) is 5.91 Å². The number of amides is 3. The molecule has 0 aliphatic carbocycles. The topological polar surface area (TPSA) is 71.1 Å². The van der Waals surface area contributed by atoms with Crippen LogP contribution in [0.25, 0.3) is 0 Å². The zero-order valence-corrected chi connectivity index (χ0v) is 17.3. The van der Waals surface area contributed by atoms with Gasteiger partial charge in [0.2, 0.25) is 0 Å². The Morgan fingerprint density at radius 3 is 2.17 bits per heavy atom. The summed E-state index contributed by atoms with van der Waals surface area (Å²) in [6.45, 7) is 1.01. The maximum absolute atomic E-state index is 13.3. The molecule has 1 atom stereocenters. The summed E-state index contributed by atoms with van der Waals surface area (Å²) in [5.41, 5.74) is 3.38. The summed E-state index contributed by atoms with van der Waals surface area (Å²) in [5, 5.41) is 2.96. The van der Waals surface area contributed by atoms with Crippen molar-refractivity contribution in [3.63, 3.8) is 0 Å². The lowest BCUT2D eigenvalue weighted by Crippen LogP contribution is -2.45. The molecule has 0 fully saturated rings. The highest BCUT2D eigenvalue weighted by Gasteiger charge is 2.42. The van der Waals surface area contributed by atoms with Crippen molar-refractivity contribution in [1.82, 2.24) is 15.1 Å². The Bertz CT molecular complexity index is 983. The third-order valence-electron chi connectivity index (χ3n) is 5.71. The van der Waals surface area contributed by atoms with Gasteiger partial charge in [-0.3, -0.25) is 9.69 Å². The van der Waals surface area contributed by atoms with Crippen LogP contribution in [0.4, 0.5) is 4.79 Å². The number of benzene rings is 2. The van der Waals surface area contributed by atoms with Crippen LogP contribution in [0.15, 0.2) is 59.8 Å². The second-order valence-electron chi connectivity index (χ2n) is 7.40. The van der Waals surface area contributed by atoms with Crippen LogP contribution in [-0.4, -0.2) is 56.1 Å². The first kappa shape index (κ1) is 19.8. The van der Waals surface area contributed by atoms with Crippen molar-refractivity contribution < 1.29 is 19.1 Å². The Labute approximate surface area is 175 Å². The number of rotatable bonds is 6. The fourth-order valence-corrected chi connectivity index (χ4v) is 3.91. The molecule has 0 bridgehead atoms. The van der Waals surface area contributed by atoms with E-state index in [0.717, 1.165) is 34.7 Å². The van der Waals surface area contributed by atoms with Crippen LogP contribution >= 0.6 is 0 Å². The van der Waals surface area contributed by atoms with Crippen LogP contribution in [-0.2, 0) is 11.2 Å². The maximum Gasteiger partial charge on any atom is 0.322 e. The Kier molecular flexibility index (Phi) is 5.35. The second-order valence-corrected chi connectivity index (χ2v) is 7.40. The number of hydrogen-bond donors (Lipinski definition) is 1. The molecule has 2 aromatic rings. The smallest absolute Gasteiger partial charge is 0.322 e. The molecule has 2 aromatic carbocycles. The lowest BCUT2D eigenvalue weighted by Gasteiger charge is -2.31. The van der Waals surface area contributed by atoms with Crippen molar-refractivity contribution in [3.8, 4) is 11.5 Å². The molecule has 0 unspecified atom stereocenters. The first-order chi connectivity index (χ1) is 14.5. The number of hydrogen-bond acceptors (Lipinski definition) is 4. The van der Waals surface area contributed by atoms with Crippen LogP contribution in [0.2, 0.25) is 0 Å². The van der Waals surface area contributed by atoms with Crippen molar-refractivity contribution in [3.05, 3.63) is 70.9 Å². The van der Waals surface area contributed by atoms with Crippen LogP contribution in [0.1, 0.15) is 17.2 Å². The number of methoxy groups -OCH3 is 2. The molecule has 0 saturated heterocycles. The fraction of sp³-hybridized carbons (Fsp3) is 0.304. The average Bonchev–Trinajstić information content (AvgIpc) is 3.12. The lowest BCUT2D eigenvalue weighted by molar-refractivity contribution is -0.125. The molecule has 2 aliphatic rings. The SMILES string of the molecule is COc1ccc(CCN2CC3=C(C2=O)[C@@H](c2ccc(OC)cc2)NC(=O)N3C)cc1. The van der Waals surface area contributed by atoms with Gasteiger partial charge in [-0.2, -0.15) is 0 Å². The minimum Gasteiger partial charge on any atom is -0.497 e. The van der Waals surface area contributed by atoms with Crippen molar-refractivity contribution in [2.24, 2.45) is 0 Å². The van der Waals surface area contributed by atoms with Crippen LogP contribution in [0, 0.1) is 0 Å². The van der Waals surface area contributed by atoms with E-state index in [1.807, 2.05) is 53.4 Å². The van der Waals surface area contributed by atoms with Crippen molar-refractivity contribution in [2.45, 2.75) is 12.5 Å². The highest BCUT2D eigenvalue weighted by atomic mass is 16.5. The molecular formula is C23H25N3O4. The normalized spacial score (nSPS) is 18.4. The van der Waals surface area contributed by atoms with E-state index in [0.29, 0.717) is 18.7 Å². The van der Waals surface area contributed by atoms with Gasteiger partial charge in [-0.1, -0.05) is 24.3 Å². The number of urea groups is 1. The molecule has 0 radical (unpaired) electrons. The number of likely N-dealkylation sites (N-methyl/N-ethyl adjacent to an activating group) is 1. The fourth-order valence-electron chi connectivity index (χ4n) is 3.91. The molecule has 4 rings (SSSR count). The highest BCUT2D eigenvalue weighted by molar-refractivity contribution is 6.01. The number of carbonyl (C=O) groups excluding carboxylic acids is 2. The molecular weight excluding hydrogens is 382 g/mol. The minimum atomic E-state index is -0.465. The van der Waals surface area contributed by atoms with Crippen molar-refractivity contribution in [2.75, 3.05) is 34.4 Å². The maximum atomic E-state index is 13.3. The molecule has 30 heavy (non-hydrogen) atoms. The van der Waals surface area contributed by atoms with E-state index >= 15 is 0 Å². The third-order valence-corrected chi connectivity index (χ3v) is 5.71. The Hall–Kier alpha value is -3.48. The first-order valence-electron chi connectivity index (χ1n) is 9.85. The largest absolute Gasteiger partial charge is 0.497 e. The van der Waals surface area contributed by atoms with Gasteiger partial charge in [-0.05, 0) is 41.8 Å². The summed E-state index contributed by atoms with van der Waals surface area (Å²) in [7, 11) is 4.95. The van der Waals surface area contributed by atoms with Crippen LogP contribution in [0.5, 0.6) is 11.5 Å². The first-order valence-corrected chi connectivity index (χ1v) is 9.85. The van der Waals surface area contributed by atoms with E-state index in [4.69, 9.17) is 9.47 Å². The third kappa shape index (κ3) is 3.58. The summed E-state index contributed by atoms with van der Waals surface area (Å²) in [4.78, 5) is 29.1. The molecule has 0 spiro atoms. The molecule has 1 N–H and O–H groups in total. The predicted octanol–water partition coefficient (Wildman–Crippen LogP) is 2.74. The predicted molar refractivity (Wildman–Crippen MR) is 112 cm³/mol. The highest BCUT2D eigenvalue weighted by Crippen LogP contribution is 2.36. The minimum absolute atomic E-state index is 0.0359. The molecule has 7 heteroatoms. The van der Waals surface area contributed by atoms with Gasteiger partial charge in [0.15, 0.2) is 0 Å². The number of nitrogens with one attached hydrogen (secondary N) is 1. The Balaban J connectivity index is 1.54. The van der Waals surface area contributed by atoms with E-state index in [9.17, 15) is 9.59 Å². The summed E-state index contributed by atoms with van der Waals surface area (Å²) in [6, 6.07) is 14.6. The van der Waals surface area contributed by atoms with Crippen molar-refractivity contribution in [1.29, 1.82) is 0 Å². The summed E-state index contributed by atoms with van der Waals surface area (Å²) >= 11 is 0. The standard InChI is InChI=1S/C23H25N3O4/c1-25-19-14-26(13-12-15-4-8-17(29-2)9-5-15)22(27)20(19)21(24-23(25)28)16-6-10-18(30-3)11-7-16/h4-11,21H,12-14H2,1-3H3,(H,24,28)/t21-/m1/s1. The second kappa shape index (κ2) is 8.10. The molecule has 3 amide bonds. The zero-order chi connectivity index (χ0) is 21.3. The van der Waals surface area contributed by atoms with E-state index in [1.54, 1.807) is 26.2 Å². The zero-order valence-electron chi connectivity index (χ0n) is 17.3. The molecule has 0 aromatic heterocycles. The number of carbonyl (C=O) groups is 2. The van der Waals surface area contributed by atoms with E-state index in [-0.39, 0.29) is 11.9 Å². The molecule has 2 aliphatic heterocycles. The molecule has 2 heterocycles. The number of ether oxygens (including phenoxy) is 2. The average molecular weight is 407 g/mol. The van der Waals surface area contributed by atoms with Crippen LogP contribution < -0.4 is 14.8 Å².